The van der Waals surface area contributed by atoms with E-state index in [0.717, 1.165) is 19.7 Å². The molecule has 82 valence electrons. The fourth-order valence-corrected chi connectivity index (χ4v) is 2.07. The maximum Gasteiger partial charge on any atom is 0.125 e. The molecule has 0 aromatic carbocycles. The van der Waals surface area contributed by atoms with Gasteiger partial charge in [-0.1, -0.05) is 0 Å². The van der Waals surface area contributed by atoms with Crippen LogP contribution in [0.3, 0.4) is 0 Å². The lowest BCUT2D eigenvalue weighted by Gasteiger charge is -2.18. The van der Waals surface area contributed by atoms with Crippen molar-refractivity contribution in [2.24, 2.45) is 5.92 Å². The number of rotatable bonds is 3. The molecule has 1 saturated heterocycles. The summed E-state index contributed by atoms with van der Waals surface area (Å²) in [5, 5.41) is 0. The third kappa shape index (κ3) is 2.39. The van der Waals surface area contributed by atoms with Crippen molar-refractivity contribution in [2.75, 3.05) is 37.4 Å². The van der Waals surface area contributed by atoms with Crippen molar-refractivity contribution < 1.29 is 4.74 Å². The number of anilines is 2. The van der Waals surface area contributed by atoms with Gasteiger partial charge < -0.3 is 15.4 Å². The first-order valence-corrected chi connectivity index (χ1v) is 5.25. The summed E-state index contributed by atoms with van der Waals surface area (Å²) in [6.07, 6.45) is 2.95. The zero-order chi connectivity index (χ0) is 10.7. The van der Waals surface area contributed by atoms with Crippen LogP contribution in [0, 0.1) is 5.92 Å². The highest BCUT2D eigenvalue weighted by Crippen LogP contribution is 2.24. The van der Waals surface area contributed by atoms with Gasteiger partial charge in [0.15, 0.2) is 0 Å². The molecule has 1 fully saturated rings. The number of methoxy groups -OCH3 is 1. The Labute approximate surface area is 90.0 Å². The van der Waals surface area contributed by atoms with Gasteiger partial charge in [-0.05, 0) is 12.5 Å². The second kappa shape index (κ2) is 4.49. The van der Waals surface area contributed by atoms with Crippen molar-refractivity contribution in [1.82, 2.24) is 4.98 Å². The summed E-state index contributed by atoms with van der Waals surface area (Å²) in [5.41, 5.74) is 6.82. The van der Waals surface area contributed by atoms with Crippen LogP contribution in [0.2, 0.25) is 0 Å². The van der Waals surface area contributed by atoms with Gasteiger partial charge in [0.1, 0.15) is 5.82 Å². The van der Waals surface area contributed by atoms with Crippen molar-refractivity contribution in [1.29, 1.82) is 0 Å². The predicted molar refractivity (Wildman–Crippen MR) is 60.8 cm³/mol. The Hall–Kier alpha value is -1.29. The molecule has 1 aliphatic rings. The van der Waals surface area contributed by atoms with E-state index < -0.39 is 0 Å². The Morgan fingerprint density at radius 2 is 2.53 bits per heavy atom. The number of ether oxygens (including phenoxy) is 1. The van der Waals surface area contributed by atoms with Gasteiger partial charge in [-0.15, -0.1) is 0 Å². The van der Waals surface area contributed by atoms with Crippen LogP contribution >= 0.6 is 0 Å². The lowest BCUT2D eigenvalue weighted by Crippen LogP contribution is -2.21. The standard InChI is InChI=1S/C11H17N3O/c1-15-8-9-3-5-14(7-9)10-2-4-13-11(12)6-10/h2,4,6,9H,3,5,7-8H2,1H3,(H2,12,13). The fourth-order valence-electron chi connectivity index (χ4n) is 2.07. The van der Waals surface area contributed by atoms with E-state index in [-0.39, 0.29) is 0 Å². The molecule has 1 atom stereocenters. The van der Waals surface area contributed by atoms with Crippen LogP contribution in [0.5, 0.6) is 0 Å². The molecule has 1 unspecified atom stereocenters. The molecule has 0 aliphatic carbocycles. The first-order valence-electron chi connectivity index (χ1n) is 5.25. The maximum absolute atomic E-state index is 5.66. The topological polar surface area (TPSA) is 51.4 Å². The summed E-state index contributed by atoms with van der Waals surface area (Å²) in [6.45, 7) is 2.98. The Balaban J connectivity index is 2.01. The van der Waals surface area contributed by atoms with Gasteiger partial charge in [-0.3, -0.25) is 0 Å². The highest BCUT2D eigenvalue weighted by molar-refractivity contribution is 5.52. The average Bonchev–Trinajstić information content (AvgIpc) is 2.67. The average molecular weight is 207 g/mol. The van der Waals surface area contributed by atoms with E-state index in [4.69, 9.17) is 10.5 Å². The van der Waals surface area contributed by atoms with Gasteiger partial charge >= 0.3 is 0 Å². The van der Waals surface area contributed by atoms with Crippen molar-refractivity contribution in [2.45, 2.75) is 6.42 Å². The van der Waals surface area contributed by atoms with Gasteiger partial charge in [-0.2, -0.15) is 0 Å². The number of hydrogen-bond donors (Lipinski definition) is 1. The fraction of sp³-hybridized carbons (Fsp3) is 0.545. The summed E-state index contributed by atoms with van der Waals surface area (Å²) >= 11 is 0. The number of nitrogens with zero attached hydrogens (tertiary/aromatic N) is 2. The highest BCUT2D eigenvalue weighted by atomic mass is 16.5. The van der Waals surface area contributed by atoms with Crippen LogP contribution < -0.4 is 10.6 Å². The van der Waals surface area contributed by atoms with Gasteiger partial charge in [0.05, 0.1) is 6.61 Å². The Bertz CT molecular complexity index is 329. The monoisotopic (exact) mass is 207 g/mol. The molecule has 1 aromatic heterocycles. The molecule has 0 radical (unpaired) electrons. The molecule has 2 N–H and O–H groups in total. The molecule has 4 nitrogen and oxygen atoms in total. The van der Waals surface area contributed by atoms with Crippen molar-refractivity contribution in [3.63, 3.8) is 0 Å². The van der Waals surface area contributed by atoms with Crippen molar-refractivity contribution in [3.05, 3.63) is 18.3 Å². The van der Waals surface area contributed by atoms with E-state index in [2.05, 4.69) is 9.88 Å². The number of hydrogen-bond acceptors (Lipinski definition) is 4. The van der Waals surface area contributed by atoms with E-state index >= 15 is 0 Å². The smallest absolute Gasteiger partial charge is 0.125 e. The Morgan fingerprint density at radius 1 is 1.67 bits per heavy atom. The maximum atomic E-state index is 5.66. The molecule has 15 heavy (non-hydrogen) atoms. The van der Waals surface area contributed by atoms with E-state index in [1.807, 2.05) is 12.1 Å². The SMILES string of the molecule is COCC1CCN(c2ccnc(N)c2)C1. The second-order valence-corrected chi connectivity index (χ2v) is 3.99. The summed E-state index contributed by atoms with van der Waals surface area (Å²) in [4.78, 5) is 6.33. The molecule has 4 heteroatoms. The Morgan fingerprint density at radius 3 is 3.27 bits per heavy atom. The largest absolute Gasteiger partial charge is 0.384 e. The predicted octanol–water partition coefficient (Wildman–Crippen LogP) is 1.14. The second-order valence-electron chi connectivity index (χ2n) is 3.99. The van der Waals surface area contributed by atoms with Crippen LogP contribution in [0.25, 0.3) is 0 Å². The molecule has 1 aliphatic heterocycles. The minimum Gasteiger partial charge on any atom is -0.384 e. The lowest BCUT2D eigenvalue weighted by atomic mass is 10.1. The number of pyridine rings is 1. The molecule has 0 spiro atoms. The van der Waals surface area contributed by atoms with Crippen LogP contribution in [0.15, 0.2) is 18.3 Å². The Kier molecular flexibility index (Phi) is 3.06. The van der Waals surface area contributed by atoms with Gasteiger partial charge in [0.25, 0.3) is 0 Å². The van der Waals surface area contributed by atoms with Crippen molar-refractivity contribution in [3.8, 4) is 0 Å². The molecule has 1 aromatic rings. The quantitative estimate of drug-likeness (QED) is 0.807. The van der Waals surface area contributed by atoms with E-state index in [9.17, 15) is 0 Å². The minimum absolute atomic E-state index is 0.586. The number of aromatic nitrogens is 1. The third-order valence-corrected chi connectivity index (χ3v) is 2.82. The van der Waals surface area contributed by atoms with E-state index in [1.54, 1.807) is 13.3 Å². The minimum atomic E-state index is 0.586. The molecular weight excluding hydrogens is 190 g/mol. The van der Waals surface area contributed by atoms with Crippen LogP contribution in [-0.2, 0) is 4.74 Å². The van der Waals surface area contributed by atoms with Crippen molar-refractivity contribution >= 4 is 11.5 Å². The molecule has 2 heterocycles. The number of nitrogens with two attached hydrogens (primary N) is 1. The normalized spacial score (nSPS) is 20.9. The van der Waals surface area contributed by atoms with Crippen LogP contribution in [-0.4, -0.2) is 31.8 Å². The first kappa shape index (κ1) is 10.2. The molecule has 0 bridgehead atoms. The van der Waals surface area contributed by atoms with Gasteiger partial charge in [-0.25, -0.2) is 4.98 Å². The zero-order valence-corrected chi connectivity index (χ0v) is 9.02. The van der Waals surface area contributed by atoms with Crippen LogP contribution in [0.4, 0.5) is 11.5 Å². The van der Waals surface area contributed by atoms with Gasteiger partial charge in [0, 0.05) is 44.1 Å². The summed E-state index contributed by atoms with van der Waals surface area (Å²) in [5.74, 6) is 1.23. The highest BCUT2D eigenvalue weighted by Gasteiger charge is 2.22. The molecule has 2 rings (SSSR count). The molecule has 0 amide bonds. The molecular formula is C11H17N3O. The first-order chi connectivity index (χ1) is 7.29. The summed E-state index contributed by atoms with van der Waals surface area (Å²) in [6, 6.07) is 3.93. The lowest BCUT2D eigenvalue weighted by molar-refractivity contribution is 0.161. The zero-order valence-electron chi connectivity index (χ0n) is 9.02. The summed E-state index contributed by atoms with van der Waals surface area (Å²) in [7, 11) is 1.76. The molecule has 0 saturated carbocycles. The third-order valence-electron chi connectivity index (χ3n) is 2.82. The van der Waals surface area contributed by atoms with Gasteiger partial charge in [0.2, 0.25) is 0 Å². The summed E-state index contributed by atoms with van der Waals surface area (Å²) < 4.78 is 5.17. The number of nitrogen functional groups attached to an aromatic ring is 1. The van der Waals surface area contributed by atoms with E-state index in [1.165, 1.54) is 12.1 Å². The van der Waals surface area contributed by atoms with Crippen LogP contribution in [0.1, 0.15) is 6.42 Å². The van der Waals surface area contributed by atoms with E-state index in [0.29, 0.717) is 11.7 Å².